The predicted octanol–water partition coefficient (Wildman–Crippen LogP) is 3.34. The van der Waals surface area contributed by atoms with E-state index in [0.29, 0.717) is 6.54 Å². The number of hydrogen-bond acceptors (Lipinski definition) is 4. The Labute approximate surface area is 155 Å². The second-order valence-corrected chi connectivity index (χ2v) is 6.93. The molecule has 6 heteroatoms. The third-order valence-electron chi connectivity index (χ3n) is 4.90. The summed E-state index contributed by atoms with van der Waals surface area (Å²) in [4.78, 5) is 13.8. The zero-order valence-electron chi connectivity index (χ0n) is 16.5. The van der Waals surface area contributed by atoms with Crippen LogP contribution in [0.2, 0.25) is 0 Å². The maximum atomic E-state index is 11.9. The van der Waals surface area contributed by atoms with Crippen LogP contribution in [0.5, 0.6) is 5.75 Å². The highest BCUT2D eigenvalue weighted by Gasteiger charge is 2.25. The Morgan fingerprint density at radius 2 is 1.88 bits per heavy atom. The lowest BCUT2D eigenvalue weighted by Crippen LogP contribution is -2.32. The summed E-state index contributed by atoms with van der Waals surface area (Å²) in [5.74, 6) is -0.0291. The molecule has 2 aromatic rings. The number of benzene rings is 1. The van der Waals surface area contributed by atoms with Crippen molar-refractivity contribution in [2.24, 2.45) is 0 Å². The normalized spacial score (nSPS) is 12.4. The van der Waals surface area contributed by atoms with Crippen molar-refractivity contribution in [3.05, 3.63) is 45.8 Å². The Balaban J connectivity index is 2.13. The minimum absolute atomic E-state index is 0.676. The molecule has 2 rings (SSSR count). The fourth-order valence-electron chi connectivity index (χ4n) is 3.63. The number of nitrogens with one attached hydrogen (secondary N) is 1. The Bertz CT molecular complexity index is 740. The lowest BCUT2D eigenvalue weighted by molar-refractivity contribution is -0.143. The maximum Gasteiger partial charge on any atom is 0.325 e. The summed E-state index contributed by atoms with van der Waals surface area (Å²) in [6, 6.07) is 3.14. The molecule has 0 amide bonds. The fraction of sp³-hybridized carbons (Fsp3) is 0.500. The third kappa shape index (κ3) is 4.25. The van der Waals surface area contributed by atoms with Crippen LogP contribution in [-0.2, 0) is 11.2 Å². The van der Waals surface area contributed by atoms with Crippen molar-refractivity contribution >= 4 is 5.97 Å². The number of aryl methyl sites for hydroxylation is 4. The monoisotopic (exact) mass is 359 g/mol. The summed E-state index contributed by atoms with van der Waals surface area (Å²) in [5.41, 5.74) is 6.01. The first-order chi connectivity index (χ1) is 12.3. The molecule has 0 aliphatic rings. The summed E-state index contributed by atoms with van der Waals surface area (Å²) in [5, 5.41) is 17.0. The van der Waals surface area contributed by atoms with E-state index in [-0.39, 0.29) is 0 Å². The van der Waals surface area contributed by atoms with Crippen LogP contribution in [0.1, 0.15) is 46.1 Å². The van der Waals surface area contributed by atoms with Crippen molar-refractivity contribution < 1.29 is 14.6 Å². The molecule has 0 aliphatic carbocycles. The number of nitrogens with zero attached hydrogens (tertiary/aromatic N) is 2. The summed E-state index contributed by atoms with van der Waals surface area (Å²) in [7, 11) is 3.50. The van der Waals surface area contributed by atoms with Gasteiger partial charge in [-0.05, 0) is 76.4 Å². The van der Waals surface area contributed by atoms with Crippen LogP contribution in [0.4, 0.5) is 0 Å². The van der Waals surface area contributed by atoms with Gasteiger partial charge in [0.25, 0.3) is 0 Å². The van der Waals surface area contributed by atoms with Gasteiger partial charge in [0.2, 0.25) is 0 Å². The molecule has 1 atom stereocenters. The lowest BCUT2D eigenvalue weighted by Gasteiger charge is -2.26. The fourth-order valence-corrected chi connectivity index (χ4v) is 3.63. The van der Waals surface area contributed by atoms with Crippen molar-refractivity contribution in [2.45, 2.75) is 46.6 Å². The SMILES string of the molecule is COc1c(C)cc(C(C(=O)O)N(C)CCCc2c(C)n[nH]c2C)cc1C. The molecule has 26 heavy (non-hydrogen) atoms. The topological polar surface area (TPSA) is 78.5 Å². The quantitative estimate of drug-likeness (QED) is 0.756. The van der Waals surface area contributed by atoms with E-state index < -0.39 is 12.0 Å². The zero-order valence-corrected chi connectivity index (χ0v) is 16.5. The van der Waals surface area contributed by atoms with Gasteiger partial charge in [0.05, 0.1) is 12.8 Å². The van der Waals surface area contributed by atoms with Crippen LogP contribution in [-0.4, -0.2) is 46.9 Å². The minimum Gasteiger partial charge on any atom is -0.496 e. The standard InChI is InChI=1S/C20H29N3O3/c1-12-10-16(11-13(2)19(12)26-6)18(20(24)25)23(5)9-7-8-17-14(3)21-22-15(17)4/h10-11,18H,7-9H2,1-6H3,(H,21,22)(H,24,25). The molecule has 0 radical (unpaired) electrons. The molecule has 1 unspecified atom stereocenters. The number of rotatable bonds is 8. The van der Waals surface area contributed by atoms with E-state index in [2.05, 4.69) is 10.2 Å². The Hall–Kier alpha value is -2.34. The molecule has 1 aromatic heterocycles. The van der Waals surface area contributed by atoms with Crippen molar-refractivity contribution in [1.82, 2.24) is 15.1 Å². The smallest absolute Gasteiger partial charge is 0.325 e. The average Bonchev–Trinajstić information content (AvgIpc) is 2.86. The van der Waals surface area contributed by atoms with Gasteiger partial charge >= 0.3 is 5.97 Å². The molecule has 6 nitrogen and oxygen atoms in total. The predicted molar refractivity (Wildman–Crippen MR) is 102 cm³/mol. The number of aromatic amines is 1. The van der Waals surface area contributed by atoms with Crippen molar-refractivity contribution in [2.75, 3.05) is 20.7 Å². The Morgan fingerprint density at radius 3 is 2.35 bits per heavy atom. The van der Waals surface area contributed by atoms with Crippen molar-refractivity contribution in [3.63, 3.8) is 0 Å². The van der Waals surface area contributed by atoms with E-state index in [0.717, 1.165) is 46.7 Å². The number of carboxylic acid groups (broad SMARTS) is 1. The number of likely N-dealkylation sites (N-methyl/N-ethyl adjacent to an activating group) is 1. The molecule has 0 bridgehead atoms. The highest BCUT2D eigenvalue weighted by molar-refractivity contribution is 5.76. The first-order valence-electron chi connectivity index (χ1n) is 8.84. The number of carbonyl (C=O) groups is 1. The third-order valence-corrected chi connectivity index (χ3v) is 4.90. The van der Waals surface area contributed by atoms with E-state index in [1.807, 2.05) is 51.8 Å². The molecule has 0 saturated heterocycles. The van der Waals surface area contributed by atoms with Gasteiger partial charge < -0.3 is 9.84 Å². The first-order valence-corrected chi connectivity index (χ1v) is 8.84. The van der Waals surface area contributed by atoms with Gasteiger partial charge in [0.15, 0.2) is 0 Å². The molecule has 0 saturated carbocycles. The van der Waals surface area contributed by atoms with E-state index >= 15 is 0 Å². The largest absolute Gasteiger partial charge is 0.496 e. The molecular formula is C20H29N3O3. The maximum absolute atomic E-state index is 11.9. The van der Waals surface area contributed by atoms with E-state index in [9.17, 15) is 9.90 Å². The molecule has 2 N–H and O–H groups in total. The number of H-pyrrole nitrogens is 1. The summed E-state index contributed by atoms with van der Waals surface area (Å²) in [6.45, 7) is 8.58. The number of ether oxygens (including phenoxy) is 1. The number of carboxylic acids is 1. The van der Waals surface area contributed by atoms with Crippen molar-refractivity contribution in [3.8, 4) is 5.75 Å². The van der Waals surface area contributed by atoms with Crippen LogP contribution in [0, 0.1) is 27.7 Å². The summed E-state index contributed by atoms with van der Waals surface area (Å²) >= 11 is 0. The number of aromatic nitrogens is 2. The molecule has 142 valence electrons. The van der Waals surface area contributed by atoms with Gasteiger partial charge in [-0.3, -0.25) is 14.8 Å². The minimum atomic E-state index is -0.841. The highest BCUT2D eigenvalue weighted by Crippen LogP contribution is 2.29. The number of methoxy groups -OCH3 is 1. The molecular weight excluding hydrogens is 330 g/mol. The van der Waals surface area contributed by atoms with Gasteiger partial charge in [-0.1, -0.05) is 12.1 Å². The van der Waals surface area contributed by atoms with Gasteiger partial charge in [0, 0.05) is 5.69 Å². The van der Waals surface area contributed by atoms with Gasteiger partial charge in [0.1, 0.15) is 11.8 Å². The lowest BCUT2D eigenvalue weighted by atomic mass is 9.99. The molecule has 0 fully saturated rings. The Kier molecular flexibility index (Phi) is 6.42. The molecule has 1 heterocycles. The molecule has 0 spiro atoms. The second kappa shape index (κ2) is 8.36. The van der Waals surface area contributed by atoms with E-state index in [4.69, 9.17) is 4.74 Å². The number of hydrogen-bond donors (Lipinski definition) is 2. The highest BCUT2D eigenvalue weighted by atomic mass is 16.5. The summed E-state index contributed by atoms with van der Waals surface area (Å²) in [6.07, 6.45) is 1.75. The molecule has 1 aromatic carbocycles. The van der Waals surface area contributed by atoms with Crippen LogP contribution < -0.4 is 4.74 Å². The number of aliphatic carboxylic acids is 1. The van der Waals surface area contributed by atoms with Crippen LogP contribution in [0.25, 0.3) is 0 Å². The Morgan fingerprint density at radius 1 is 1.27 bits per heavy atom. The van der Waals surface area contributed by atoms with Gasteiger partial charge in [-0.25, -0.2) is 0 Å². The molecule has 0 aliphatic heterocycles. The van der Waals surface area contributed by atoms with Crippen molar-refractivity contribution in [1.29, 1.82) is 0 Å². The summed E-state index contributed by atoms with van der Waals surface area (Å²) < 4.78 is 5.39. The zero-order chi connectivity index (χ0) is 19.4. The second-order valence-electron chi connectivity index (χ2n) is 6.93. The van der Waals surface area contributed by atoms with Gasteiger partial charge in [-0.15, -0.1) is 0 Å². The average molecular weight is 359 g/mol. The van der Waals surface area contributed by atoms with Gasteiger partial charge in [-0.2, -0.15) is 5.10 Å². The van der Waals surface area contributed by atoms with E-state index in [1.54, 1.807) is 7.11 Å². The first kappa shape index (κ1) is 20.0. The van der Waals surface area contributed by atoms with Crippen LogP contribution in [0.3, 0.4) is 0 Å². The van der Waals surface area contributed by atoms with Crippen LogP contribution >= 0.6 is 0 Å². The van der Waals surface area contributed by atoms with Crippen LogP contribution in [0.15, 0.2) is 12.1 Å². The van der Waals surface area contributed by atoms with E-state index in [1.165, 1.54) is 5.56 Å².